The number of para-hydroxylation sites is 6. The van der Waals surface area contributed by atoms with E-state index in [9.17, 15) is 0 Å². The van der Waals surface area contributed by atoms with Gasteiger partial charge in [-0.1, -0.05) is 140 Å². The second-order valence-corrected chi connectivity index (χ2v) is 24.2. The van der Waals surface area contributed by atoms with Crippen LogP contribution in [-0.4, -0.2) is 13.4 Å². The number of benzene rings is 11. The van der Waals surface area contributed by atoms with Gasteiger partial charge in [0, 0.05) is 89.4 Å². The van der Waals surface area contributed by atoms with Crippen LogP contribution >= 0.6 is 0 Å². The maximum atomic E-state index is 9.15. The van der Waals surface area contributed by atoms with Crippen molar-refractivity contribution in [3.05, 3.63) is 261 Å². The molecule has 0 saturated carbocycles. The summed E-state index contributed by atoms with van der Waals surface area (Å²) >= 11 is 0. The molecule has 6 nitrogen and oxygen atoms in total. The van der Waals surface area contributed by atoms with Crippen LogP contribution in [0, 0.1) is 82.9 Å². The first kappa shape index (κ1) is 46.7. The first-order valence-electron chi connectivity index (χ1n) is 32.8. The summed E-state index contributed by atoms with van der Waals surface area (Å²) in [5.74, 6) is 2.72. The van der Waals surface area contributed by atoms with Gasteiger partial charge in [-0.15, -0.1) is 0 Å². The fourth-order valence-electron chi connectivity index (χ4n) is 14.5. The van der Waals surface area contributed by atoms with E-state index in [0.717, 1.165) is 157 Å². The molecule has 0 atom stereocenters. The van der Waals surface area contributed by atoms with Crippen LogP contribution in [0.1, 0.15) is 75.0 Å². The lowest BCUT2D eigenvalue weighted by Gasteiger charge is -2.48. The molecule has 0 N–H and O–H groups in total. The highest BCUT2D eigenvalue weighted by atomic mass is 16.5. The smallest absolute Gasteiger partial charge is 0.252 e. The molecule has 0 bridgehead atoms. The lowest BCUT2D eigenvalue weighted by atomic mass is 9.30. The third-order valence-corrected chi connectivity index (χ3v) is 18.4. The molecule has 0 saturated heterocycles. The summed E-state index contributed by atoms with van der Waals surface area (Å²) in [5, 5.41) is 0. The first-order chi connectivity index (χ1) is 44.0. The molecule has 0 amide bonds. The lowest BCUT2D eigenvalue weighted by Crippen LogP contribution is -2.65. The van der Waals surface area contributed by atoms with Crippen molar-refractivity contribution in [3.63, 3.8) is 0 Å². The van der Waals surface area contributed by atoms with Gasteiger partial charge in [-0.25, -0.2) is 0 Å². The zero-order valence-electron chi connectivity index (χ0n) is 56.2. The third kappa shape index (κ3) is 8.09. The van der Waals surface area contributed by atoms with Crippen molar-refractivity contribution in [1.82, 2.24) is 0 Å². The van der Waals surface area contributed by atoms with Crippen LogP contribution in [0.15, 0.2) is 194 Å². The van der Waals surface area contributed by atoms with E-state index >= 15 is 0 Å². The molecule has 418 valence electrons. The minimum Gasteiger partial charge on any atom is -0.457 e. The lowest BCUT2D eigenvalue weighted by molar-refractivity contribution is 0.475. The van der Waals surface area contributed by atoms with Crippen LogP contribution in [0.3, 0.4) is 0 Å². The van der Waals surface area contributed by atoms with E-state index < -0.39 is 27.1 Å². The Labute approximate surface area is 516 Å². The molecular weight excluding hydrogens is 1050 g/mol. The number of aryl methyl sites for hydroxylation is 12. The normalized spacial score (nSPS) is 14.5. The predicted molar refractivity (Wildman–Crippen MR) is 364 cm³/mol. The van der Waals surface area contributed by atoms with Gasteiger partial charge in [-0.2, -0.15) is 0 Å². The number of hydrogen-bond donors (Lipinski definition) is 0. The average molecular weight is 1120 g/mol. The van der Waals surface area contributed by atoms with Gasteiger partial charge in [0.05, 0.1) is 11.4 Å². The molecule has 15 rings (SSSR count). The largest absolute Gasteiger partial charge is 0.457 e. The topological polar surface area (TPSA) is 31.4 Å². The third-order valence-electron chi connectivity index (χ3n) is 18.4. The zero-order valence-corrected chi connectivity index (χ0v) is 50.2. The van der Waals surface area contributed by atoms with Crippen molar-refractivity contribution in [2.75, 3.05) is 19.6 Å². The fourth-order valence-corrected chi connectivity index (χ4v) is 14.5. The Morgan fingerprint density at radius 1 is 0.279 bits per heavy atom. The molecule has 0 fully saturated rings. The molecule has 11 aromatic carbocycles. The molecule has 0 unspecified atom stereocenters. The van der Waals surface area contributed by atoms with Gasteiger partial charge in [0.25, 0.3) is 13.4 Å². The molecule has 0 spiro atoms. The summed E-state index contributed by atoms with van der Waals surface area (Å²) in [6.45, 7) is 15.1. The standard InChI is InChI=1S/C78H68B2N4O2/c1-45-33-35-59-65(37-45)83(75-49(5)23-17-24-50(75)6)71-41-57(85-77-53(9)27-19-28-54(77)10)39-69-73(71)79(59)61-43-62-68(44-67(61)81(69)63-31-15-13-21-47(63)3)82(64-32-16-14-22-48(64)4)70-40-58(86-78-55(11)29-20-30-56(78)12)42-72-74(70)80(62)60-36-34-46(2)38-66(60)84(72)76-51(7)25-18-26-52(76)8/h13-44H,1-12H3/i5D3,7D3. The maximum Gasteiger partial charge on any atom is 0.252 e. The van der Waals surface area contributed by atoms with E-state index in [-0.39, 0.29) is 11.1 Å². The summed E-state index contributed by atoms with van der Waals surface area (Å²) < 4.78 is 69.4. The highest BCUT2D eigenvalue weighted by Crippen LogP contribution is 2.53. The van der Waals surface area contributed by atoms with Crippen LogP contribution in [-0.2, 0) is 0 Å². The molecule has 86 heavy (non-hydrogen) atoms. The maximum absolute atomic E-state index is 9.15. The van der Waals surface area contributed by atoms with E-state index in [0.29, 0.717) is 22.9 Å². The molecule has 4 aliphatic heterocycles. The molecule has 0 aliphatic carbocycles. The van der Waals surface area contributed by atoms with Crippen LogP contribution in [0.5, 0.6) is 23.0 Å². The molecule has 0 radical (unpaired) electrons. The monoisotopic (exact) mass is 1120 g/mol. The minimum absolute atomic E-state index is 0.254. The quantitative estimate of drug-likeness (QED) is 0.141. The summed E-state index contributed by atoms with van der Waals surface area (Å²) in [6, 6.07) is 67.5. The zero-order chi connectivity index (χ0) is 64.1. The fraction of sp³-hybridized carbons (Fsp3) is 0.154. The van der Waals surface area contributed by atoms with Gasteiger partial charge in [-0.05, 0) is 213 Å². The minimum atomic E-state index is -2.46. The van der Waals surface area contributed by atoms with Crippen LogP contribution in [0.25, 0.3) is 0 Å². The Balaban J connectivity index is 1.10. The second kappa shape index (κ2) is 20.0. The van der Waals surface area contributed by atoms with Crippen molar-refractivity contribution in [2.24, 2.45) is 0 Å². The van der Waals surface area contributed by atoms with Crippen LogP contribution < -0.4 is 61.9 Å². The van der Waals surface area contributed by atoms with E-state index in [2.05, 4.69) is 221 Å². The average Bonchev–Trinajstić information content (AvgIpc) is 0.689. The van der Waals surface area contributed by atoms with E-state index in [1.54, 1.807) is 12.1 Å². The van der Waals surface area contributed by atoms with Crippen LogP contribution in [0.2, 0.25) is 0 Å². The second-order valence-electron chi connectivity index (χ2n) is 24.2. The Morgan fingerprint density at radius 2 is 0.616 bits per heavy atom. The van der Waals surface area contributed by atoms with Gasteiger partial charge in [0.2, 0.25) is 0 Å². The van der Waals surface area contributed by atoms with E-state index in [1.165, 1.54) is 0 Å². The van der Waals surface area contributed by atoms with Crippen molar-refractivity contribution >= 4 is 114 Å². The Hall–Kier alpha value is -9.65. The number of hydrogen-bond acceptors (Lipinski definition) is 6. The molecule has 11 aromatic rings. The van der Waals surface area contributed by atoms with E-state index in [1.807, 2.05) is 50.2 Å². The summed E-state index contributed by atoms with van der Waals surface area (Å²) in [4.78, 5) is 9.26. The number of rotatable bonds is 8. The number of anilines is 12. The molecule has 4 heterocycles. The van der Waals surface area contributed by atoms with Gasteiger partial charge in [0.1, 0.15) is 23.0 Å². The summed E-state index contributed by atoms with van der Waals surface area (Å²) in [5.41, 5.74) is 26.8. The molecular formula is C78H68B2N4O2. The molecule has 8 heteroatoms. The molecule has 0 aromatic heterocycles. The van der Waals surface area contributed by atoms with Crippen molar-refractivity contribution < 1.29 is 17.7 Å². The highest BCUT2D eigenvalue weighted by Gasteiger charge is 2.49. The number of fused-ring (bicyclic) bond motifs is 8. The SMILES string of the molecule is [2H]C([2H])([2H])c1cccc(C)c1N1c2cc(C)ccc2B2c3cc4c(cc3N(c3ccccc3C)c3cc(Oc5c(C)cccc5C)cc1c32)N(c1ccccc1C)c1cc(Oc2c(C)cccc2C)cc2c1B4c1ccc(C)cc1N2c1c(C)cccc1C([2H])([2H])[2H]. The molecule has 4 aliphatic rings. The van der Waals surface area contributed by atoms with Gasteiger partial charge < -0.3 is 29.1 Å². The van der Waals surface area contributed by atoms with Crippen molar-refractivity contribution in [2.45, 2.75) is 82.9 Å². The number of ether oxygens (including phenoxy) is 2. The van der Waals surface area contributed by atoms with Crippen molar-refractivity contribution in [3.8, 4) is 23.0 Å². The van der Waals surface area contributed by atoms with Gasteiger partial charge in [-0.3, -0.25) is 0 Å². The highest BCUT2D eigenvalue weighted by molar-refractivity contribution is 7.03. The summed E-state index contributed by atoms with van der Waals surface area (Å²) in [6.07, 6.45) is 0. The Bertz CT molecular complexity index is 4600. The summed E-state index contributed by atoms with van der Waals surface area (Å²) in [7, 11) is 0. The Kier molecular flexibility index (Phi) is 10.9. The number of nitrogens with zero attached hydrogens (tertiary/aromatic N) is 4. The first-order valence-corrected chi connectivity index (χ1v) is 29.8. The van der Waals surface area contributed by atoms with Crippen molar-refractivity contribution in [1.29, 1.82) is 0 Å². The Morgan fingerprint density at radius 3 is 1.00 bits per heavy atom. The predicted octanol–water partition coefficient (Wildman–Crippen LogP) is 17.1. The van der Waals surface area contributed by atoms with Gasteiger partial charge in [0.15, 0.2) is 0 Å². The van der Waals surface area contributed by atoms with E-state index in [4.69, 9.17) is 17.7 Å². The van der Waals surface area contributed by atoms with Gasteiger partial charge >= 0.3 is 0 Å². The van der Waals surface area contributed by atoms with Crippen LogP contribution in [0.4, 0.5) is 68.2 Å².